The number of amides is 1. The molecule has 0 bridgehead atoms. The van der Waals surface area contributed by atoms with Gasteiger partial charge in [0.15, 0.2) is 15.9 Å². The van der Waals surface area contributed by atoms with Crippen LogP contribution in [-0.4, -0.2) is 32.7 Å². The minimum absolute atomic E-state index is 0.178. The van der Waals surface area contributed by atoms with Crippen LogP contribution in [0.2, 0.25) is 5.02 Å². The Morgan fingerprint density at radius 2 is 1.81 bits per heavy atom. The highest BCUT2D eigenvalue weighted by atomic mass is 35.5. The summed E-state index contributed by atoms with van der Waals surface area (Å²) in [5.74, 6) is -1.38. The van der Waals surface area contributed by atoms with Gasteiger partial charge in [-0.05, 0) is 48.9 Å². The molecule has 1 atom stereocenters. The van der Waals surface area contributed by atoms with E-state index in [0.717, 1.165) is 6.26 Å². The molecule has 0 aromatic heterocycles. The SMILES string of the molecule is C[C@@H](OC(=O)c1cccc(CS(C)(=O)=O)c1)C(=O)Nc1ccc(Cl)cc1. The molecular formula is C18H18ClNO5S. The van der Waals surface area contributed by atoms with Crippen LogP contribution in [0.4, 0.5) is 5.69 Å². The van der Waals surface area contributed by atoms with Gasteiger partial charge in [-0.2, -0.15) is 0 Å². The fourth-order valence-corrected chi connectivity index (χ4v) is 3.06. The van der Waals surface area contributed by atoms with Gasteiger partial charge >= 0.3 is 5.97 Å². The maximum absolute atomic E-state index is 12.2. The smallest absolute Gasteiger partial charge is 0.338 e. The van der Waals surface area contributed by atoms with Crippen LogP contribution in [0.1, 0.15) is 22.8 Å². The minimum Gasteiger partial charge on any atom is -0.449 e. The molecule has 0 saturated heterocycles. The number of hydrogen-bond acceptors (Lipinski definition) is 5. The Balaban J connectivity index is 2.01. The molecule has 8 heteroatoms. The lowest BCUT2D eigenvalue weighted by Crippen LogP contribution is -2.30. The first-order valence-electron chi connectivity index (χ1n) is 7.68. The van der Waals surface area contributed by atoms with E-state index in [1.165, 1.54) is 19.1 Å². The van der Waals surface area contributed by atoms with Crippen molar-refractivity contribution < 1.29 is 22.7 Å². The first kappa shape index (κ1) is 19.9. The van der Waals surface area contributed by atoms with Crippen molar-refractivity contribution in [1.29, 1.82) is 0 Å². The number of benzene rings is 2. The van der Waals surface area contributed by atoms with Gasteiger partial charge in [0.25, 0.3) is 5.91 Å². The molecule has 26 heavy (non-hydrogen) atoms. The molecule has 2 aromatic carbocycles. The highest BCUT2D eigenvalue weighted by Gasteiger charge is 2.19. The molecular weight excluding hydrogens is 378 g/mol. The second-order valence-corrected chi connectivity index (χ2v) is 8.39. The summed E-state index contributed by atoms with van der Waals surface area (Å²) in [5.41, 5.74) is 1.18. The average Bonchev–Trinajstić information content (AvgIpc) is 2.55. The van der Waals surface area contributed by atoms with Crippen molar-refractivity contribution in [3.63, 3.8) is 0 Å². The average molecular weight is 396 g/mol. The van der Waals surface area contributed by atoms with Crippen LogP contribution < -0.4 is 5.32 Å². The van der Waals surface area contributed by atoms with Gasteiger partial charge in [0.1, 0.15) is 0 Å². The van der Waals surface area contributed by atoms with E-state index in [0.29, 0.717) is 16.3 Å². The third-order valence-corrected chi connectivity index (χ3v) is 4.47. The maximum atomic E-state index is 12.2. The number of ether oxygens (including phenoxy) is 1. The summed E-state index contributed by atoms with van der Waals surface area (Å²) < 4.78 is 27.9. The van der Waals surface area contributed by atoms with Crippen molar-refractivity contribution in [2.75, 3.05) is 11.6 Å². The summed E-state index contributed by atoms with van der Waals surface area (Å²) in [6, 6.07) is 12.6. The lowest BCUT2D eigenvalue weighted by Gasteiger charge is -2.14. The lowest BCUT2D eigenvalue weighted by atomic mass is 10.1. The van der Waals surface area contributed by atoms with Crippen LogP contribution in [0.15, 0.2) is 48.5 Å². The highest BCUT2D eigenvalue weighted by Crippen LogP contribution is 2.15. The summed E-state index contributed by atoms with van der Waals surface area (Å²) in [5, 5.41) is 3.15. The summed E-state index contributed by atoms with van der Waals surface area (Å²) in [6.45, 7) is 1.45. The number of halogens is 1. The molecule has 2 rings (SSSR count). The van der Waals surface area contributed by atoms with Crippen LogP contribution in [0.5, 0.6) is 0 Å². The van der Waals surface area contributed by atoms with Crippen LogP contribution >= 0.6 is 11.6 Å². The molecule has 0 radical (unpaired) electrons. The molecule has 0 heterocycles. The predicted molar refractivity (Wildman–Crippen MR) is 99.9 cm³/mol. The molecule has 1 N–H and O–H groups in total. The molecule has 0 aliphatic rings. The lowest BCUT2D eigenvalue weighted by molar-refractivity contribution is -0.123. The Hall–Kier alpha value is -2.38. The highest BCUT2D eigenvalue weighted by molar-refractivity contribution is 7.89. The van der Waals surface area contributed by atoms with Gasteiger partial charge in [-0.15, -0.1) is 0 Å². The second-order valence-electron chi connectivity index (χ2n) is 5.81. The summed E-state index contributed by atoms with van der Waals surface area (Å²) in [6.07, 6.45) is 0.0815. The Kier molecular flexibility index (Phi) is 6.39. The van der Waals surface area contributed by atoms with E-state index < -0.39 is 27.8 Å². The molecule has 0 aliphatic heterocycles. The third kappa shape index (κ3) is 6.16. The van der Waals surface area contributed by atoms with Gasteiger partial charge in [-0.1, -0.05) is 23.7 Å². The van der Waals surface area contributed by atoms with Gasteiger partial charge in [-0.3, -0.25) is 4.79 Å². The number of hydrogen-bond donors (Lipinski definition) is 1. The van der Waals surface area contributed by atoms with Crippen molar-refractivity contribution in [1.82, 2.24) is 0 Å². The predicted octanol–water partition coefficient (Wildman–Crippen LogP) is 3.07. The molecule has 1 amide bonds. The van der Waals surface area contributed by atoms with Crippen molar-refractivity contribution in [2.24, 2.45) is 0 Å². The molecule has 138 valence electrons. The summed E-state index contributed by atoms with van der Waals surface area (Å²) in [4.78, 5) is 24.3. The van der Waals surface area contributed by atoms with Gasteiger partial charge in [0.2, 0.25) is 0 Å². The Morgan fingerprint density at radius 3 is 2.42 bits per heavy atom. The monoisotopic (exact) mass is 395 g/mol. The number of nitrogens with one attached hydrogen (secondary N) is 1. The van der Waals surface area contributed by atoms with E-state index in [9.17, 15) is 18.0 Å². The molecule has 0 aliphatic carbocycles. The third-order valence-electron chi connectivity index (χ3n) is 3.36. The Labute approximate surface area is 157 Å². The second kappa shape index (κ2) is 8.33. The minimum atomic E-state index is -3.22. The van der Waals surface area contributed by atoms with Crippen molar-refractivity contribution in [3.05, 3.63) is 64.7 Å². The van der Waals surface area contributed by atoms with Gasteiger partial charge < -0.3 is 10.1 Å². The molecule has 2 aromatic rings. The molecule has 0 unspecified atom stereocenters. The van der Waals surface area contributed by atoms with Gasteiger partial charge in [0.05, 0.1) is 11.3 Å². The molecule has 0 fully saturated rings. The topological polar surface area (TPSA) is 89.5 Å². The summed E-state index contributed by atoms with van der Waals surface area (Å²) in [7, 11) is -3.22. The standard InChI is InChI=1S/C18H18ClNO5S/c1-12(17(21)20-16-8-6-15(19)7-9-16)25-18(22)14-5-3-4-13(10-14)11-26(2,23)24/h3-10,12H,11H2,1-2H3,(H,20,21)/t12-/m1/s1. The van der Waals surface area contributed by atoms with E-state index in [2.05, 4.69) is 5.32 Å². The quantitative estimate of drug-likeness (QED) is 0.759. The molecule has 6 nitrogen and oxygen atoms in total. The normalized spacial score (nSPS) is 12.3. The first-order chi connectivity index (χ1) is 12.1. The van der Waals surface area contributed by atoms with E-state index >= 15 is 0 Å². The van der Waals surface area contributed by atoms with E-state index in [4.69, 9.17) is 16.3 Å². The van der Waals surface area contributed by atoms with Crippen molar-refractivity contribution in [3.8, 4) is 0 Å². The van der Waals surface area contributed by atoms with Crippen LogP contribution in [0.3, 0.4) is 0 Å². The van der Waals surface area contributed by atoms with Gasteiger partial charge in [-0.25, -0.2) is 13.2 Å². The zero-order chi connectivity index (χ0) is 19.3. The van der Waals surface area contributed by atoms with E-state index in [-0.39, 0.29) is 11.3 Å². The maximum Gasteiger partial charge on any atom is 0.338 e. The van der Waals surface area contributed by atoms with E-state index in [1.807, 2.05) is 0 Å². The van der Waals surface area contributed by atoms with Crippen LogP contribution in [0, 0.1) is 0 Å². The number of carbonyl (C=O) groups is 2. The van der Waals surface area contributed by atoms with Crippen molar-refractivity contribution >= 4 is 39.0 Å². The summed E-state index contributed by atoms with van der Waals surface area (Å²) >= 11 is 5.78. The van der Waals surface area contributed by atoms with Gasteiger partial charge in [0, 0.05) is 17.0 Å². The van der Waals surface area contributed by atoms with Crippen LogP contribution in [0.25, 0.3) is 0 Å². The fraction of sp³-hybridized carbons (Fsp3) is 0.222. The zero-order valence-corrected chi connectivity index (χ0v) is 15.8. The Morgan fingerprint density at radius 1 is 1.15 bits per heavy atom. The van der Waals surface area contributed by atoms with E-state index in [1.54, 1.807) is 36.4 Å². The number of rotatable bonds is 6. The number of carbonyl (C=O) groups excluding carboxylic acids is 2. The molecule has 0 saturated carbocycles. The van der Waals surface area contributed by atoms with Crippen LogP contribution in [-0.2, 0) is 25.1 Å². The zero-order valence-electron chi connectivity index (χ0n) is 14.2. The first-order valence-corrected chi connectivity index (χ1v) is 10.1. The number of esters is 1. The number of anilines is 1. The van der Waals surface area contributed by atoms with Crippen molar-refractivity contribution in [2.45, 2.75) is 18.8 Å². The fourth-order valence-electron chi connectivity index (χ4n) is 2.15. The molecule has 0 spiro atoms. The Bertz CT molecular complexity index is 909. The largest absolute Gasteiger partial charge is 0.449 e. The number of sulfone groups is 1.